The van der Waals surface area contributed by atoms with Crippen LogP contribution in [0.4, 0.5) is 0 Å². The molecule has 0 aliphatic heterocycles. The number of hydrogen-bond donors (Lipinski definition) is 0. The Balaban J connectivity index is 1.97. The third kappa shape index (κ3) is 2.62. The predicted octanol–water partition coefficient (Wildman–Crippen LogP) is 5.43. The summed E-state index contributed by atoms with van der Waals surface area (Å²) >= 11 is 10.1. The van der Waals surface area contributed by atoms with Crippen molar-refractivity contribution >= 4 is 38.4 Å². The summed E-state index contributed by atoms with van der Waals surface area (Å²) in [6.45, 7) is 0. The van der Waals surface area contributed by atoms with Crippen molar-refractivity contribution in [3.63, 3.8) is 0 Å². The first-order chi connectivity index (χ1) is 11.8. The molecule has 0 fully saturated rings. The Hall–Kier alpha value is -2.17. The smallest absolute Gasteiger partial charge is 0.234 e. The van der Waals surface area contributed by atoms with E-state index in [0.29, 0.717) is 12.4 Å². The molecule has 5 heteroatoms. The summed E-state index contributed by atoms with van der Waals surface area (Å²) in [6.07, 6.45) is 4.20. The van der Waals surface area contributed by atoms with E-state index >= 15 is 0 Å². The van der Waals surface area contributed by atoms with Gasteiger partial charge >= 0.3 is 0 Å². The number of nitrogens with zero attached hydrogens (tertiary/aromatic N) is 3. The molecule has 0 spiro atoms. The topological polar surface area (TPSA) is 30.7 Å². The van der Waals surface area contributed by atoms with Crippen LogP contribution in [0, 0.1) is 0 Å². The predicted molar refractivity (Wildman–Crippen MR) is 101 cm³/mol. The zero-order chi connectivity index (χ0) is 16.5. The van der Waals surface area contributed by atoms with Crippen molar-refractivity contribution in [1.29, 1.82) is 0 Å². The molecule has 0 aliphatic carbocycles. The van der Waals surface area contributed by atoms with E-state index < -0.39 is 0 Å². The third-order valence-corrected chi connectivity index (χ3v) is 5.23. The molecule has 0 aliphatic rings. The highest BCUT2D eigenvalue weighted by molar-refractivity contribution is 9.10. The van der Waals surface area contributed by atoms with E-state index in [0.717, 1.165) is 31.7 Å². The summed E-state index contributed by atoms with van der Waals surface area (Å²) in [5.41, 5.74) is 3.22. The molecule has 0 atom stereocenters. The highest BCUT2D eigenvalue weighted by atomic mass is 79.9. The van der Waals surface area contributed by atoms with Gasteiger partial charge in [0.05, 0.1) is 5.52 Å². The summed E-state index contributed by atoms with van der Waals surface area (Å²) in [6, 6.07) is 17.9. The fourth-order valence-electron chi connectivity index (χ4n) is 2.87. The maximum absolute atomic E-state index is 6.37. The van der Waals surface area contributed by atoms with Gasteiger partial charge in [-0.25, -0.2) is 9.97 Å². The van der Waals surface area contributed by atoms with Crippen molar-refractivity contribution in [2.45, 2.75) is 6.42 Å². The fraction of sp³-hybridized carbons (Fsp3) is 0.0526. The minimum atomic E-state index is 0.654. The summed E-state index contributed by atoms with van der Waals surface area (Å²) < 4.78 is 3.13. The summed E-state index contributed by atoms with van der Waals surface area (Å²) in [5, 5.41) is 1.89. The summed E-state index contributed by atoms with van der Waals surface area (Å²) in [4.78, 5) is 8.87. The number of benzene rings is 2. The van der Waals surface area contributed by atoms with Crippen LogP contribution in [-0.2, 0) is 6.42 Å². The van der Waals surface area contributed by atoms with Gasteiger partial charge in [-0.05, 0) is 39.7 Å². The number of aromatic nitrogens is 3. The molecule has 0 N–H and O–H groups in total. The molecule has 0 saturated carbocycles. The first-order valence-electron chi connectivity index (χ1n) is 7.54. The van der Waals surface area contributed by atoms with E-state index in [-0.39, 0.29) is 0 Å². The lowest BCUT2D eigenvalue weighted by Gasteiger charge is -2.10. The van der Waals surface area contributed by atoms with Crippen LogP contribution in [-0.4, -0.2) is 14.5 Å². The Kier molecular flexibility index (Phi) is 4.08. The highest BCUT2D eigenvalue weighted by Gasteiger charge is 2.18. The molecular formula is C19H13BrClN3. The Morgan fingerprint density at radius 2 is 1.62 bits per heavy atom. The van der Waals surface area contributed by atoms with Gasteiger partial charge in [0.25, 0.3) is 0 Å². The van der Waals surface area contributed by atoms with Gasteiger partial charge in [0.2, 0.25) is 5.95 Å². The van der Waals surface area contributed by atoms with Crippen molar-refractivity contribution in [2.75, 3.05) is 0 Å². The lowest BCUT2D eigenvalue weighted by atomic mass is 10.1. The number of fused-ring (bicyclic) bond motifs is 1. The van der Waals surface area contributed by atoms with E-state index in [9.17, 15) is 0 Å². The Morgan fingerprint density at radius 1 is 0.917 bits per heavy atom. The molecule has 0 radical (unpaired) electrons. The molecule has 2 aromatic heterocycles. The lowest BCUT2D eigenvalue weighted by Crippen LogP contribution is -2.05. The maximum Gasteiger partial charge on any atom is 0.234 e. The molecule has 0 amide bonds. The first kappa shape index (κ1) is 15.4. The molecule has 118 valence electrons. The second kappa shape index (κ2) is 6.38. The molecule has 2 aromatic carbocycles. The molecule has 0 saturated heterocycles. The molecule has 0 unspecified atom stereocenters. The van der Waals surface area contributed by atoms with E-state index in [1.807, 2.05) is 42.5 Å². The Labute approximate surface area is 153 Å². The normalized spacial score (nSPS) is 11.1. The van der Waals surface area contributed by atoms with Gasteiger partial charge in [-0.15, -0.1) is 0 Å². The maximum atomic E-state index is 6.37. The number of hydrogen-bond acceptors (Lipinski definition) is 2. The number of halogens is 2. The minimum Gasteiger partial charge on any atom is -0.281 e. The zero-order valence-electron chi connectivity index (χ0n) is 12.7. The van der Waals surface area contributed by atoms with Crippen LogP contribution in [0.25, 0.3) is 16.9 Å². The van der Waals surface area contributed by atoms with Gasteiger partial charge in [0, 0.05) is 39.4 Å². The quantitative estimate of drug-likeness (QED) is 0.461. The van der Waals surface area contributed by atoms with Gasteiger partial charge in [0.1, 0.15) is 0 Å². The standard InChI is InChI=1S/C19H13BrClN3/c20-18-14-7-2-4-9-16(14)24(19-22-10-5-11-23-19)17(18)12-13-6-1-3-8-15(13)21/h1-11H,12H2. The second-order valence-corrected chi connectivity index (χ2v) is 6.63. The number of rotatable bonds is 3. The SMILES string of the molecule is Clc1ccccc1Cc1c(Br)c2ccccc2n1-c1ncccn1. The lowest BCUT2D eigenvalue weighted by molar-refractivity contribution is 0.895. The molecule has 3 nitrogen and oxygen atoms in total. The zero-order valence-corrected chi connectivity index (χ0v) is 15.0. The fourth-order valence-corrected chi connectivity index (χ4v) is 3.72. The van der Waals surface area contributed by atoms with Crippen LogP contribution < -0.4 is 0 Å². The molecule has 0 bridgehead atoms. The summed E-state index contributed by atoms with van der Waals surface area (Å²) in [7, 11) is 0. The van der Waals surface area contributed by atoms with Gasteiger partial charge < -0.3 is 0 Å². The second-order valence-electron chi connectivity index (χ2n) is 5.43. The average molecular weight is 399 g/mol. The Morgan fingerprint density at radius 3 is 2.42 bits per heavy atom. The van der Waals surface area contributed by atoms with Crippen LogP contribution in [0.3, 0.4) is 0 Å². The van der Waals surface area contributed by atoms with Crippen LogP contribution in [0.1, 0.15) is 11.3 Å². The van der Waals surface area contributed by atoms with Crippen LogP contribution in [0.15, 0.2) is 71.5 Å². The summed E-state index contributed by atoms with van der Waals surface area (Å²) in [5.74, 6) is 0.654. The van der Waals surface area contributed by atoms with Crippen LogP contribution in [0.2, 0.25) is 5.02 Å². The van der Waals surface area contributed by atoms with Gasteiger partial charge in [-0.3, -0.25) is 4.57 Å². The van der Waals surface area contributed by atoms with Crippen LogP contribution >= 0.6 is 27.5 Å². The molecule has 24 heavy (non-hydrogen) atoms. The molecule has 4 aromatic rings. The third-order valence-electron chi connectivity index (χ3n) is 3.97. The van der Waals surface area contributed by atoms with Gasteiger partial charge in [-0.2, -0.15) is 0 Å². The first-order valence-corrected chi connectivity index (χ1v) is 8.71. The van der Waals surface area contributed by atoms with Crippen molar-refractivity contribution in [3.05, 3.63) is 87.7 Å². The Bertz CT molecular complexity index is 1010. The van der Waals surface area contributed by atoms with Crippen molar-refractivity contribution in [1.82, 2.24) is 14.5 Å². The van der Waals surface area contributed by atoms with Crippen molar-refractivity contribution in [2.24, 2.45) is 0 Å². The molecular weight excluding hydrogens is 386 g/mol. The largest absolute Gasteiger partial charge is 0.281 e. The van der Waals surface area contributed by atoms with Crippen molar-refractivity contribution < 1.29 is 0 Å². The van der Waals surface area contributed by atoms with E-state index in [4.69, 9.17) is 11.6 Å². The van der Waals surface area contributed by atoms with E-state index in [1.54, 1.807) is 12.4 Å². The number of para-hydroxylation sites is 1. The minimum absolute atomic E-state index is 0.654. The van der Waals surface area contributed by atoms with Gasteiger partial charge in [-0.1, -0.05) is 48.0 Å². The van der Waals surface area contributed by atoms with E-state index in [2.05, 4.69) is 42.6 Å². The average Bonchev–Trinajstić information content (AvgIpc) is 2.90. The molecule has 4 rings (SSSR count). The molecule has 2 heterocycles. The van der Waals surface area contributed by atoms with E-state index in [1.165, 1.54) is 0 Å². The van der Waals surface area contributed by atoms with Gasteiger partial charge in [0.15, 0.2) is 0 Å². The van der Waals surface area contributed by atoms with Crippen LogP contribution in [0.5, 0.6) is 0 Å². The van der Waals surface area contributed by atoms with Crippen molar-refractivity contribution in [3.8, 4) is 5.95 Å². The highest BCUT2D eigenvalue weighted by Crippen LogP contribution is 2.34. The monoisotopic (exact) mass is 397 g/mol.